The summed E-state index contributed by atoms with van der Waals surface area (Å²) in [5.41, 5.74) is 7.04. The van der Waals surface area contributed by atoms with Gasteiger partial charge >= 0.3 is 5.97 Å². The molecule has 104 valence electrons. The van der Waals surface area contributed by atoms with E-state index in [-0.39, 0.29) is 5.56 Å². The number of hydrogen-bond acceptors (Lipinski definition) is 4. The zero-order chi connectivity index (χ0) is 13.7. The van der Waals surface area contributed by atoms with E-state index in [1.165, 1.54) is 32.4 Å². The van der Waals surface area contributed by atoms with Crippen LogP contribution in [0.1, 0.15) is 29.6 Å². The number of nitrogens with two attached hydrogens (primary N) is 1. The number of benzene rings is 1. The molecule has 1 aromatic rings. The molecule has 0 saturated carbocycles. The van der Waals surface area contributed by atoms with Crippen LogP contribution in [0.5, 0.6) is 0 Å². The van der Waals surface area contributed by atoms with Gasteiger partial charge < -0.3 is 21.1 Å². The molecule has 0 aromatic heterocycles. The average Bonchev–Trinajstić information content (AvgIpc) is 2.39. The molecule has 19 heavy (non-hydrogen) atoms. The molecule has 0 bridgehead atoms. The SMILES string of the molecule is Nc1cc(NCCN2CCCCC2)ccc1C(=O)O. The van der Waals surface area contributed by atoms with E-state index < -0.39 is 5.97 Å². The van der Waals surface area contributed by atoms with Crippen LogP contribution >= 0.6 is 0 Å². The van der Waals surface area contributed by atoms with Crippen molar-refractivity contribution < 1.29 is 9.90 Å². The largest absolute Gasteiger partial charge is 0.478 e. The quantitative estimate of drug-likeness (QED) is 0.707. The molecule has 0 amide bonds. The fourth-order valence-electron chi connectivity index (χ4n) is 2.41. The number of carboxylic acid groups (broad SMARTS) is 1. The van der Waals surface area contributed by atoms with Gasteiger partial charge in [0.25, 0.3) is 0 Å². The first-order chi connectivity index (χ1) is 9.16. The maximum Gasteiger partial charge on any atom is 0.337 e. The van der Waals surface area contributed by atoms with Gasteiger partial charge in [0.05, 0.1) is 5.56 Å². The van der Waals surface area contributed by atoms with Crippen LogP contribution in [0.4, 0.5) is 11.4 Å². The predicted octanol–water partition coefficient (Wildman–Crippen LogP) is 1.86. The molecule has 0 spiro atoms. The minimum absolute atomic E-state index is 0.154. The van der Waals surface area contributed by atoms with Crippen LogP contribution in [-0.4, -0.2) is 42.2 Å². The molecule has 5 heteroatoms. The van der Waals surface area contributed by atoms with Gasteiger partial charge in [0, 0.05) is 24.5 Å². The van der Waals surface area contributed by atoms with Gasteiger partial charge in [-0.3, -0.25) is 0 Å². The molecule has 4 N–H and O–H groups in total. The molecule has 0 unspecified atom stereocenters. The highest BCUT2D eigenvalue weighted by atomic mass is 16.4. The zero-order valence-corrected chi connectivity index (χ0v) is 11.1. The van der Waals surface area contributed by atoms with Crippen LogP contribution in [0.25, 0.3) is 0 Å². The van der Waals surface area contributed by atoms with E-state index in [1.807, 2.05) is 0 Å². The van der Waals surface area contributed by atoms with Crippen LogP contribution in [-0.2, 0) is 0 Å². The number of nitrogens with one attached hydrogen (secondary N) is 1. The Morgan fingerprint density at radius 2 is 2.05 bits per heavy atom. The standard InChI is InChI=1S/C14H21N3O2/c15-13-10-11(4-5-12(13)14(18)19)16-6-9-17-7-2-1-3-8-17/h4-5,10,16H,1-3,6-9,15H2,(H,18,19). The van der Waals surface area contributed by atoms with Gasteiger partial charge in [0.15, 0.2) is 0 Å². The van der Waals surface area contributed by atoms with Crippen LogP contribution in [0, 0.1) is 0 Å². The molecular formula is C14H21N3O2. The number of carboxylic acids is 1. The Labute approximate surface area is 113 Å². The molecule has 1 heterocycles. The van der Waals surface area contributed by atoms with Crippen molar-refractivity contribution in [3.05, 3.63) is 23.8 Å². The number of piperidine rings is 1. The molecule has 0 radical (unpaired) electrons. The van der Waals surface area contributed by atoms with Crippen molar-refractivity contribution in [2.75, 3.05) is 37.2 Å². The molecule has 1 aliphatic heterocycles. The Morgan fingerprint density at radius 3 is 2.68 bits per heavy atom. The van der Waals surface area contributed by atoms with E-state index in [4.69, 9.17) is 10.8 Å². The van der Waals surface area contributed by atoms with Gasteiger partial charge in [-0.05, 0) is 44.1 Å². The Morgan fingerprint density at radius 1 is 1.32 bits per heavy atom. The second-order valence-corrected chi connectivity index (χ2v) is 4.94. The lowest BCUT2D eigenvalue weighted by Gasteiger charge is -2.26. The second-order valence-electron chi connectivity index (χ2n) is 4.94. The van der Waals surface area contributed by atoms with Crippen molar-refractivity contribution in [1.29, 1.82) is 0 Å². The number of nitrogens with zero attached hydrogens (tertiary/aromatic N) is 1. The third-order valence-electron chi connectivity index (χ3n) is 3.49. The Bertz CT molecular complexity index is 442. The number of rotatable bonds is 5. The molecule has 1 aliphatic rings. The summed E-state index contributed by atoms with van der Waals surface area (Å²) in [6, 6.07) is 4.98. The van der Waals surface area contributed by atoms with E-state index in [2.05, 4.69) is 10.2 Å². The third kappa shape index (κ3) is 3.86. The van der Waals surface area contributed by atoms with Crippen LogP contribution < -0.4 is 11.1 Å². The number of aromatic carboxylic acids is 1. The minimum atomic E-state index is -0.989. The number of likely N-dealkylation sites (tertiary alicyclic amines) is 1. The first-order valence-electron chi connectivity index (χ1n) is 6.76. The third-order valence-corrected chi connectivity index (χ3v) is 3.49. The lowest BCUT2D eigenvalue weighted by molar-refractivity contribution is 0.0698. The molecule has 0 aliphatic carbocycles. The van der Waals surface area contributed by atoms with Crippen LogP contribution in [0.15, 0.2) is 18.2 Å². The molecule has 5 nitrogen and oxygen atoms in total. The predicted molar refractivity (Wildman–Crippen MR) is 76.6 cm³/mol. The highest BCUT2D eigenvalue weighted by Gasteiger charge is 2.10. The maximum absolute atomic E-state index is 10.8. The number of carbonyl (C=O) groups is 1. The highest BCUT2D eigenvalue weighted by molar-refractivity contribution is 5.94. The van der Waals surface area contributed by atoms with Crippen LogP contribution in [0.3, 0.4) is 0 Å². The van der Waals surface area contributed by atoms with E-state index in [9.17, 15) is 4.79 Å². The summed E-state index contributed by atoms with van der Waals surface area (Å²) in [6.45, 7) is 4.23. The fourth-order valence-corrected chi connectivity index (χ4v) is 2.41. The molecular weight excluding hydrogens is 242 g/mol. The Kier molecular flexibility index (Phi) is 4.63. The summed E-state index contributed by atoms with van der Waals surface area (Å²) < 4.78 is 0. The van der Waals surface area contributed by atoms with Gasteiger partial charge in [-0.25, -0.2) is 4.79 Å². The summed E-state index contributed by atoms with van der Waals surface area (Å²) >= 11 is 0. The van der Waals surface area contributed by atoms with Crippen molar-refractivity contribution in [3.8, 4) is 0 Å². The molecule has 0 atom stereocenters. The monoisotopic (exact) mass is 263 g/mol. The summed E-state index contributed by atoms with van der Waals surface area (Å²) in [4.78, 5) is 13.3. The lowest BCUT2D eigenvalue weighted by atomic mass is 10.1. The molecule has 1 fully saturated rings. The van der Waals surface area contributed by atoms with Gasteiger partial charge in [-0.15, -0.1) is 0 Å². The van der Waals surface area contributed by atoms with E-state index in [0.717, 1.165) is 18.8 Å². The van der Waals surface area contributed by atoms with Gasteiger partial charge in [0.1, 0.15) is 0 Å². The summed E-state index contributed by atoms with van der Waals surface area (Å²) in [5.74, 6) is -0.989. The normalized spacial score (nSPS) is 16.2. The van der Waals surface area contributed by atoms with Crippen molar-refractivity contribution in [2.45, 2.75) is 19.3 Å². The van der Waals surface area contributed by atoms with Crippen molar-refractivity contribution in [3.63, 3.8) is 0 Å². The van der Waals surface area contributed by atoms with Crippen molar-refractivity contribution in [1.82, 2.24) is 4.90 Å². The number of anilines is 2. The lowest BCUT2D eigenvalue weighted by Crippen LogP contribution is -2.33. The van der Waals surface area contributed by atoms with E-state index in [1.54, 1.807) is 18.2 Å². The maximum atomic E-state index is 10.8. The van der Waals surface area contributed by atoms with E-state index in [0.29, 0.717) is 5.69 Å². The van der Waals surface area contributed by atoms with Gasteiger partial charge in [0.2, 0.25) is 0 Å². The first kappa shape index (κ1) is 13.7. The summed E-state index contributed by atoms with van der Waals surface area (Å²) in [6.07, 6.45) is 3.93. The average molecular weight is 263 g/mol. The zero-order valence-electron chi connectivity index (χ0n) is 11.1. The van der Waals surface area contributed by atoms with Crippen molar-refractivity contribution >= 4 is 17.3 Å². The Hall–Kier alpha value is -1.75. The topological polar surface area (TPSA) is 78.6 Å². The van der Waals surface area contributed by atoms with Gasteiger partial charge in [-0.1, -0.05) is 6.42 Å². The highest BCUT2D eigenvalue weighted by Crippen LogP contribution is 2.18. The summed E-state index contributed by atoms with van der Waals surface area (Å²) in [7, 11) is 0. The molecule has 2 rings (SSSR count). The second kappa shape index (κ2) is 6.43. The molecule has 1 aromatic carbocycles. The van der Waals surface area contributed by atoms with Crippen LogP contribution in [0.2, 0.25) is 0 Å². The number of hydrogen-bond donors (Lipinski definition) is 3. The molecule has 1 saturated heterocycles. The Balaban J connectivity index is 1.82. The number of nitrogen functional groups attached to an aromatic ring is 1. The van der Waals surface area contributed by atoms with Gasteiger partial charge in [-0.2, -0.15) is 0 Å². The first-order valence-corrected chi connectivity index (χ1v) is 6.76. The minimum Gasteiger partial charge on any atom is -0.478 e. The van der Waals surface area contributed by atoms with E-state index >= 15 is 0 Å². The summed E-state index contributed by atoms with van der Waals surface area (Å²) in [5, 5.41) is 12.2. The fraction of sp³-hybridized carbons (Fsp3) is 0.500. The smallest absolute Gasteiger partial charge is 0.337 e. The van der Waals surface area contributed by atoms with Crippen molar-refractivity contribution in [2.24, 2.45) is 0 Å².